The molecule has 1 fully saturated rings. The van der Waals surface area contributed by atoms with E-state index in [9.17, 15) is 33.6 Å². The van der Waals surface area contributed by atoms with Crippen LogP contribution in [0.4, 0.5) is 0 Å². The third-order valence-corrected chi connectivity index (χ3v) is 12.9. The van der Waals surface area contributed by atoms with Crippen molar-refractivity contribution in [3.63, 3.8) is 0 Å². The van der Waals surface area contributed by atoms with Gasteiger partial charge in [-0.1, -0.05) is 48.0 Å². The highest BCUT2D eigenvalue weighted by Gasteiger charge is 2.38. The number of fused-ring (bicyclic) bond motifs is 5. The highest BCUT2D eigenvalue weighted by Crippen LogP contribution is 2.40. The molecule has 72 heavy (non-hydrogen) atoms. The van der Waals surface area contributed by atoms with E-state index in [4.69, 9.17) is 44.0 Å². The van der Waals surface area contributed by atoms with Crippen molar-refractivity contribution in [3.8, 4) is 33.8 Å². The number of hydrogen-bond acceptors (Lipinski definition) is 12. The summed E-state index contributed by atoms with van der Waals surface area (Å²) in [5, 5.41) is 11.7. The van der Waals surface area contributed by atoms with Gasteiger partial charge in [-0.05, 0) is 123 Å². The zero-order chi connectivity index (χ0) is 52.1. The van der Waals surface area contributed by atoms with Crippen LogP contribution in [-0.2, 0) is 35.2 Å². The van der Waals surface area contributed by atoms with Gasteiger partial charge >= 0.3 is 0 Å². The molecule has 6 atom stereocenters. The van der Waals surface area contributed by atoms with Crippen molar-refractivity contribution < 1.29 is 43.0 Å². The molecular weight excluding hydrogens is 944 g/mol. The zero-order valence-corrected chi connectivity index (χ0v) is 41.5. The van der Waals surface area contributed by atoms with Crippen LogP contribution >= 0.6 is 11.6 Å². The summed E-state index contributed by atoms with van der Waals surface area (Å²) in [4.78, 5) is 100. The van der Waals surface area contributed by atoms with E-state index in [2.05, 4.69) is 21.3 Å². The number of hydrogen-bond donors (Lipinski definition) is 8. The molecule has 2 aliphatic heterocycles. The van der Waals surface area contributed by atoms with E-state index in [1.807, 2.05) is 12.1 Å². The van der Waals surface area contributed by atoms with E-state index in [1.54, 1.807) is 72.8 Å². The van der Waals surface area contributed by atoms with Gasteiger partial charge in [0.05, 0.1) is 0 Å². The number of nitrogens with two attached hydrogens (primary N) is 4. The number of unbranched alkanes of at least 4 members (excludes halogenated alkanes) is 1. The van der Waals surface area contributed by atoms with Crippen LogP contribution in [0.15, 0.2) is 84.9 Å². The average Bonchev–Trinajstić information content (AvgIpc) is 3.88. The molecule has 20 heteroatoms. The summed E-state index contributed by atoms with van der Waals surface area (Å²) in [7, 11) is 1.44. The minimum atomic E-state index is -1.41. The summed E-state index contributed by atoms with van der Waals surface area (Å²) in [6.07, 6.45) is 2.09. The Morgan fingerprint density at radius 2 is 1.43 bits per heavy atom. The number of likely N-dealkylation sites (tertiary alicyclic amines) is 1. The predicted molar refractivity (Wildman–Crippen MR) is 272 cm³/mol. The Kier molecular flexibility index (Phi) is 19.1. The standard InChI is InChI=1S/C52H65ClN10O9/c1-30-47(65)61-41(49(67)59-31(2)51(69)63-24-6-8-42(63)46(57)64)28-32-9-19-43(71-25-22-55)38(27-32)39-29-36(16-20-44(39)72-26-23-56)45(50(68)58-30)62(3)52(70)40(7-4-5-21-54)60-48(66)35-12-10-33(11-13-35)34-14-17-37(53)18-15-34/h9-20,27,29-31,40-42,45H,4-8,21-26,28,54-56H2,1-3H3,(H2,57,64)(H,58,68)(H,59,67)(H,60,66)(H,61,65). The molecule has 0 saturated carbocycles. The van der Waals surface area contributed by atoms with Crippen LogP contribution in [0.5, 0.6) is 11.5 Å². The van der Waals surface area contributed by atoms with E-state index < -0.39 is 77.6 Å². The quantitative estimate of drug-likeness (QED) is 0.0628. The van der Waals surface area contributed by atoms with Gasteiger partial charge in [0.15, 0.2) is 0 Å². The number of carbonyl (C=O) groups is 7. The molecule has 2 aliphatic rings. The van der Waals surface area contributed by atoms with Gasteiger partial charge in [0.2, 0.25) is 35.4 Å². The van der Waals surface area contributed by atoms with Gasteiger partial charge in [-0.25, -0.2) is 0 Å². The normalized spacial score (nSPS) is 18.6. The Morgan fingerprint density at radius 3 is 2.06 bits per heavy atom. The fourth-order valence-electron chi connectivity index (χ4n) is 8.85. The van der Waals surface area contributed by atoms with Gasteiger partial charge in [-0.2, -0.15) is 0 Å². The van der Waals surface area contributed by atoms with Crippen LogP contribution in [0, 0.1) is 0 Å². The number of nitrogens with one attached hydrogen (secondary N) is 4. The zero-order valence-electron chi connectivity index (χ0n) is 40.8. The molecule has 4 aromatic carbocycles. The summed E-state index contributed by atoms with van der Waals surface area (Å²) in [6.45, 7) is 4.12. The molecule has 4 bridgehead atoms. The highest BCUT2D eigenvalue weighted by atomic mass is 35.5. The fourth-order valence-corrected chi connectivity index (χ4v) is 8.98. The lowest BCUT2D eigenvalue weighted by atomic mass is 9.93. The van der Waals surface area contributed by atoms with Crippen molar-refractivity contribution in [1.29, 1.82) is 0 Å². The number of ether oxygens (including phenoxy) is 2. The van der Waals surface area contributed by atoms with Crippen LogP contribution in [0.3, 0.4) is 0 Å². The lowest BCUT2D eigenvalue weighted by Gasteiger charge is -2.33. The molecule has 4 aromatic rings. The van der Waals surface area contributed by atoms with Gasteiger partial charge in [0.25, 0.3) is 5.91 Å². The van der Waals surface area contributed by atoms with Crippen molar-refractivity contribution in [2.75, 3.05) is 46.4 Å². The Hall–Kier alpha value is -7.06. The second-order valence-electron chi connectivity index (χ2n) is 17.9. The van der Waals surface area contributed by atoms with Gasteiger partial charge in [0.1, 0.15) is 61.0 Å². The van der Waals surface area contributed by atoms with Crippen LogP contribution < -0.4 is 53.7 Å². The van der Waals surface area contributed by atoms with E-state index in [0.29, 0.717) is 76.6 Å². The number of carbonyl (C=O) groups excluding carboxylic acids is 7. The fraction of sp³-hybridized carbons (Fsp3) is 0.404. The number of halogens is 1. The Morgan fingerprint density at radius 1 is 0.806 bits per heavy atom. The summed E-state index contributed by atoms with van der Waals surface area (Å²) in [5.41, 5.74) is 27.0. The molecule has 6 rings (SSSR count). The maximum Gasteiger partial charge on any atom is 0.251 e. The monoisotopic (exact) mass is 1010 g/mol. The molecule has 7 amide bonds. The second kappa shape index (κ2) is 25.4. The maximum atomic E-state index is 14.9. The molecule has 6 unspecified atom stereocenters. The lowest BCUT2D eigenvalue weighted by Crippen LogP contribution is -2.58. The first-order chi connectivity index (χ1) is 34.5. The van der Waals surface area contributed by atoms with Crippen molar-refractivity contribution in [2.24, 2.45) is 22.9 Å². The third-order valence-electron chi connectivity index (χ3n) is 12.7. The summed E-state index contributed by atoms with van der Waals surface area (Å²) >= 11 is 6.08. The Balaban J connectivity index is 1.38. The Bertz CT molecular complexity index is 2600. The highest BCUT2D eigenvalue weighted by molar-refractivity contribution is 6.30. The molecule has 0 aromatic heterocycles. The Labute approximate surface area is 424 Å². The van der Waals surface area contributed by atoms with Crippen molar-refractivity contribution in [3.05, 3.63) is 107 Å². The van der Waals surface area contributed by atoms with E-state index in [1.165, 1.54) is 30.7 Å². The first-order valence-electron chi connectivity index (χ1n) is 24.1. The summed E-state index contributed by atoms with van der Waals surface area (Å²) in [5.74, 6) is -3.79. The van der Waals surface area contributed by atoms with Crippen LogP contribution in [0.25, 0.3) is 22.3 Å². The predicted octanol–water partition coefficient (Wildman–Crippen LogP) is 2.30. The third kappa shape index (κ3) is 13.5. The smallest absolute Gasteiger partial charge is 0.251 e. The number of primary amides is 1. The van der Waals surface area contributed by atoms with E-state index >= 15 is 0 Å². The molecule has 384 valence electrons. The molecule has 12 N–H and O–H groups in total. The van der Waals surface area contributed by atoms with Crippen LogP contribution in [0.2, 0.25) is 5.02 Å². The van der Waals surface area contributed by atoms with E-state index in [0.717, 1.165) is 11.1 Å². The number of likely N-dealkylation sites (N-methyl/N-ethyl adjacent to an activating group) is 1. The first-order valence-corrected chi connectivity index (χ1v) is 24.5. The summed E-state index contributed by atoms with van der Waals surface area (Å²) < 4.78 is 12.3. The SMILES string of the molecule is CC1NC(=O)C(N(C)C(=O)C(CCCCN)NC(=O)c2ccc(-c3ccc(Cl)cc3)cc2)c2ccc(OCCN)c(c2)-c2cc(ccc2OCCN)CC(C(=O)NC(C)C(=O)N2CCCC2C(N)=O)NC1=O. The maximum absolute atomic E-state index is 14.9. The van der Waals surface area contributed by atoms with Crippen LogP contribution in [0.1, 0.15) is 73.5 Å². The largest absolute Gasteiger partial charge is 0.492 e. The lowest BCUT2D eigenvalue weighted by molar-refractivity contribution is -0.142. The van der Waals surface area contributed by atoms with Crippen LogP contribution in [-0.4, -0.2) is 128 Å². The van der Waals surface area contributed by atoms with Gasteiger partial charge < -0.3 is 63.5 Å². The summed E-state index contributed by atoms with van der Waals surface area (Å²) in [6, 6.07) is 17.3. The van der Waals surface area contributed by atoms with E-state index in [-0.39, 0.29) is 45.7 Å². The topological polar surface area (TPSA) is 297 Å². The number of nitrogens with zero attached hydrogens (tertiary/aromatic N) is 2. The molecule has 0 aliphatic carbocycles. The van der Waals surface area contributed by atoms with Crippen molar-refractivity contribution >= 4 is 53.0 Å². The number of amides is 7. The molecular formula is C52H65ClN10O9. The van der Waals surface area contributed by atoms with Gasteiger partial charge in [0, 0.05) is 54.8 Å². The second-order valence-corrected chi connectivity index (χ2v) is 18.4. The molecule has 2 heterocycles. The molecule has 0 radical (unpaired) electrons. The van der Waals surface area contributed by atoms with Crippen molar-refractivity contribution in [1.82, 2.24) is 31.1 Å². The number of benzene rings is 4. The molecule has 1 saturated heterocycles. The molecule has 19 nitrogen and oxygen atoms in total. The average molecular weight is 1010 g/mol. The van der Waals surface area contributed by atoms with Crippen molar-refractivity contribution in [2.45, 2.75) is 88.6 Å². The first kappa shape index (κ1) is 54.3. The minimum absolute atomic E-state index is 0.0841. The van der Waals surface area contributed by atoms with Gasteiger partial charge in [-0.15, -0.1) is 0 Å². The minimum Gasteiger partial charge on any atom is -0.492 e. The number of rotatable bonds is 19. The van der Waals surface area contributed by atoms with Gasteiger partial charge in [-0.3, -0.25) is 33.6 Å². The molecule has 0 spiro atoms.